The molecule has 38 heavy (non-hydrogen) atoms. The number of nitrogens with one attached hydrogen (secondary N) is 4. The van der Waals surface area contributed by atoms with Gasteiger partial charge < -0.3 is 20.8 Å². The van der Waals surface area contributed by atoms with Crippen LogP contribution in [0.1, 0.15) is 43.8 Å². The minimum Gasteiger partial charge on any atom is -0.595 e. The summed E-state index contributed by atoms with van der Waals surface area (Å²) in [5.41, 5.74) is 0.0296. The van der Waals surface area contributed by atoms with Crippen molar-refractivity contribution in [1.82, 2.24) is 0 Å². The van der Waals surface area contributed by atoms with Crippen LogP contribution in [0.5, 0.6) is 0 Å². The van der Waals surface area contributed by atoms with Gasteiger partial charge in [0.05, 0.1) is 33.6 Å². The third kappa shape index (κ3) is 6.91. The van der Waals surface area contributed by atoms with Crippen LogP contribution in [0.2, 0.25) is 0 Å². The number of rotatable bonds is 10. The molecular formula is C22H22Cl4N4O8. The minimum atomic E-state index is -1.37. The predicted octanol–water partition coefficient (Wildman–Crippen LogP) is 1.82. The van der Waals surface area contributed by atoms with Crippen molar-refractivity contribution in [3.63, 3.8) is 0 Å². The van der Waals surface area contributed by atoms with Gasteiger partial charge in [-0.25, -0.2) is 20.8 Å². The molecule has 0 saturated heterocycles. The van der Waals surface area contributed by atoms with Crippen molar-refractivity contribution in [1.29, 1.82) is 0 Å². The molecule has 16 heteroatoms. The molecule has 0 amide bonds. The summed E-state index contributed by atoms with van der Waals surface area (Å²) >= 11 is 26.3. The van der Waals surface area contributed by atoms with Crippen molar-refractivity contribution in [2.75, 3.05) is 0 Å². The molecule has 8 N–H and O–H groups in total. The van der Waals surface area contributed by atoms with Gasteiger partial charge in [-0.15, -0.1) is 46.4 Å². The summed E-state index contributed by atoms with van der Waals surface area (Å²) in [6.07, 6.45) is 0. The Morgan fingerprint density at radius 2 is 0.868 bits per heavy atom. The Balaban J connectivity index is 1.91. The topological polar surface area (TPSA) is 191 Å². The maximum atomic E-state index is 11.7. The van der Waals surface area contributed by atoms with E-state index in [0.29, 0.717) is 11.1 Å². The first-order valence-corrected chi connectivity index (χ1v) is 12.4. The highest BCUT2D eigenvalue weighted by atomic mass is 35.5. The molecule has 0 bridgehead atoms. The van der Waals surface area contributed by atoms with Crippen LogP contribution in [-0.4, -0.2) is 20.8 Å². The normalized spacial score (nSPS) is 18.2. The van der Waals surface area contributed by atoms with Gasteiger partial charge >= 0.3 is 0 Å². The fraction of sp³-hybridized carbons (Fsp3) is 0.182. The van der Waals surface area contributed by atoms with Crippen molar-refractivity contribution < 1.29 is 41.7 Å². The first kappa shape index (κ1) is 30.9. The maximum absolute atomic E-state index is 11.7. The molecule has 0 aliphatic heterocycles. The zero-order valence-electron chi connectivity index (χ0n) is 19.0. The number of benzene rings is 3. The quantitative estimate of drug-likeness (QED) is 0.126. The Morgan fingerprint density at radius 1 is 0.500 bits per heavy atom. The molecule has 0 aliphatic carbocycles. The van der Waals surface area contributed by atoms with E-state index in [2.05, 4.69) is 0 Å². The molecule has 8 atom stereocenters. The molecular weight excluding hydrogens is 590 g/mol. The third-order valence-corrected chi connectivity index (χ3v) is 7.96. The van der Waals surface area contributed by atoms with Gasteiger partial charge in [-0.2, -0.15) is 20.9 Å². The van der Waals surface area contributed by atoms with E-state index in [0.717, 1.165) is 12.1 Å². The molecule has 0 radical (unpaired) electrons. The van der Waals surface area contributed by atoms with Gasteiger partial charge in [0.1, 0.15) is 0 Å². The van der Waals surface area contributed by atoms with Crippen LogP contribution in [0.15, 0.2) is 60.7 Å². The predicted molar refractivity (Wildman–Crippen MR) is 137 cm³/mol. The second-order valence-corrected chi connectivity index (χ2v) is 9.98. The summed E-state index contributed by atoms with van der Waals surface area (Å²) in [5, 5.41) is 74.0. The van der Waals surface area contributed by atoms with Gasteiger partial charge in [-0.3, -0.25) is 0 Å². The maximum Gasteiger partial charge on any atom is 0.174 e. The lowest BCUT2D eigenvalue weighted by Crippen LogP contribution is -3.01. The van der Waals surface area contributed by atoms with E-state index in [1.807, 2.05) is 0 Å². The van der Waals surface area contributed by atoms with E-state index in [-0.39, 0.29) is 33.9 Å². The number of hydrogen-bond donors (Lipinski definition) is 8. The SMILES string of the molecule is [O-][NH+](O)c1ccc([C@@H](Cl)[C@@H](Cl)c2cccc([C@H](Cl)[C@@H](Cl)c3ccc([NH+]([O-])O)cc3[NH+]([O-])O)c2)c([NH+]([O-])O)c1. The van der Waals surface area contributed by atoms with Gasteiger partial charge in [0.2, 0.25) is 0 Å². The Labute approximate surface area is 235 Å². The molecule has 3 aromatic carbocycles. The number of quaternary nitrogens is 4. The molecule has 0 heterocycles. The summed E-state index contributed by atoms with van der Waals surface area (Å²) in [6.45, 7) is 0. The van der Waals surface area contributed by atoms with Crippen LogP contribution < -0.4 is 20.9 Å². The molecule has 0 aromatic heterocycles. The highest BCUT2D eigenvalue weighted by molar-refractivity contribution is 6.31. The molecule has 0 spiro atoms. The number of alkyl halides is 4. The Hall–Kier alpha value is -1.66. The Bertz CT molecular complexity index is 1160. The largest absolute Gasteiger partial charge is 0.595 e. The smallest absolute Gasteiger partial charge is 0.174 e. The van der Waals surface area contributed by atoms with Crippen LogP contribution in [-0.2, 0) is 0 Å². The van der Waals surface area contributed by atoms with Gasteiger partial charge in [-0.1, -0.05) is 24.3 Å². The number of hydrogen-bond acceptors (Lipinski definition) is 8. The minimum absolute atomic E-state index is 0.108. The van der Waals surface area contributed by atoms with Crippen molar-refractivity contribution in [3.8, 4) is 0 Å². The molecule has 0 fully saturated rings. The zero-order chi connectivity index (χ0) is 28.3. The van der Waals surface area contributed by atoms with Crippen molar-refractivity contribution in [2.45, 2.75) is 21.5 Å². The summed E-state index contributed by atoms with van der Waals surface area (Å²) in [7, 11) is 0. The van der Waals surface area contributed by atoms with E-state index < -0.39 is 42.4 Å². The van der Waals surface area contributed by atoms with Crippen molar-refractivity contribution in [2.24, 2.45) is 0 Å². The zero-order valence-corrected chi connectivity index (χ0v) is 22.0. The van der Waals surface area contributed by atoms with E-state index >= 15 is 0 Å². The van der Waals surface area contributed by atoms with E-state index in [9.17, 15) is 31.2 Å². The molecule has 4 unspecified atom stereocenters. The van der Waals surface area contributed by atoms with Crippen molar-refractivity contribution in [3.05, 3.63) is 104 Å². The van der Waals surface area contributed by atoms with Gasteiger partial charge in [0.25, 0.3) is 0 Å². The second kappa shape index (κ2) is 13.1. The Morgan fingerprint density at radius 3 is 1.18 bits per heavy atom. The first-order chi connectivity index (χ1) is 17.8. The lowest BCUT2D eigenvalue weighted by atomic mass is 9.96. The summed E-state index contributed by atoms with van der Waals surface area (Å²) < 4.78 is 0. The fourth-order valence-corrected chi connectivity index (χ4v) is 5.00. The van der Waals surface area contributed by atoms with Crippen LogP contribution in [0.3, 0.4) is 0 Å². The summed E-state index contributed by atoms with van der Waals surface area (Å²) in [4.78, 5) is 0. The van der Waals surface area contributed by atoms with E-state index in [4.69, 9.17) is 56.8 Å². The highest BCUT2D eigenvalue weighted by Gasteiger charge is 2.30. The van der Waals surface area contributed by atoms with Gasteiger partial charge in [0.15, 0.2) is 22.7 Å². The Kier molecular flexibility index (Phi) is 10.7. The molecule has 0 saturated carbocycles. The lowest BCUT2D eigenvalue weighted by molar-refractivity contribution is -0.996. The molecule has 3 aromatic rings. The van der Waals surface area contributed by atoms with Gasteiger partial charge in [-0.05, 0) is 23.3 Å². The third-order valence-electron chi connectivity index (χ3n) is 5.72. The monoisotopic (exact) mass is 610 g/mol. The molecule has 3 rings (SSSR count). The average molecular weight is 612 g/mol. The van der Waals surface area contributed by atoms with Crippen LogP contribution in [0, 0.1) is 20.8 Å². The lowest BCUT2D eigenvalue weighted by Gasteiger charge is -2.25. The standard InChI is InChI=1S/C22H22Cl4N4O8/c23-19(21(25)15-6-4-13(27(31)32)9-17(15)29(35)36)11-2-1-3-12(8-11)20(24)22(26)16-7-5-14(28(33)34)10-18(16)30(37)38/h1-10,19-22,27-31,33,35,37H/t19-,20-,21-,22+/m0/s1. The van der Waals surface area contributed by atoms with Crippen LogP contribution >= 0.6 is 46.4 Å². The van der Waals surface area contributed by atoms with Gasteiger partial charge in [0, 0.05) is 23.3 Å². The highest BCUT2D eigenvalue weighted by Crippen LogP contribution is 2.45. The summed E-state index contributed by atoms with van der Waals surface area (Å²) in [6, 6.07) is 13.5. The molecule has 206 valence electrons. The number of halogens is 4. The van der Waals surface area contributed by atoms with E-state index in [1.165, 1.54) is 24.3 Å². The average Bonchev–Trinajstić information content (AvgIpc) is 2.90. The van der Waals surface area contributed by atoms with E-state index in [1.54, 1.807) is 24.3 Å². The molecule has 12 nitrogen and oxygen atoms in total. The molecule has 0 aliphatic rings. The first-order valence-electron chi connectivity index (χ1n) is 10.7. The fourth-order valence-electron chi connectivity index (χ4n) is 3.79. The van der Waals surface area contributed by atoms with Crippen LogP contribution in [0.25, 0.3) is 0 Å². The second-order valence-electron chi connectivity index (χ2n) is 8.10. The van der Waals surface area contributed by atoms with Crippen molar-refractivity contribution >= 4 is 69.2 Å². The summed E-state index contributed by atoms with van der Waals surface area (Å²) in [5.74, 6) is 0. The van der Waals surface area contributed by atoms with Crippen LogP contribution in [0.4, 0.5) is 22.7 Å².